The van der Waals surface area contributed by atoms with Gasteiger partial charge in [0.15, 0.2) is 0 Å². The number of carbonyl (C=O) groups excluding carboxylic acids is 1. The summed E-state index contributed by atoms with van der Waals surface area (Å²) in [5.41, 5.74) is 4.72. The molecule has 1 aromatic carbocycles. The summed E-state index contributed by atoms with van der Waals surface area (Å²) in [6.07, 6.45) is 0. The topological polar surface area (TPSA) is 42.0 Å². The van der Waals surface area contributed by atoms with E-state index in [9.17, 15) is 4.79 Å². The van der Waals surface area contributed by atoms with Gasteiger partial charge in [0.1, 0.15) is 4.83 Å². The van der Waals surface area contributed by atoms with Crippen LogP contribution in [-0.2, 0) is 0 Å². The number of pyridine rings is 1. The number of carbonyl (C=O) groups is 1. The van der Waals surface area contributed by atoms with Crippen molar-refractivity contribution in [1.82, 2.24) is 4.98 Å². The third-order valence-electron chi connectivity index (χ3n) is 3.40. The van der Waals surface area contributed by atoms with Crippen molar-refractivity contribution in [3.05, 3.63) is 58.1 Å². The van der Waals surface area contributed by atoms with Gasteiger partial charge >= 0.3 is 0 Å². The highest BCUT2D eigenvalue weighted by molar-refractivity contribution is 7.17. The maximum absolute atomic E-state index is 12.4. The van der Waals surface area contributed by atoms with Crippen molar-refractivity contribution in [2.45, 2.75) is 20.8 Å². The molecule has 106 valence electrons. The summed E-state index contributed by atoms with van der Waals surface area (Å²) in [5, 5.41) is 5.99. The van der Waals surface area contributed by atoms with Crippen LogP contribution < -0.4 is 5.32 Å². The van der Waals surface area contributed by atoms with Gasteiger partial charge in [0.25, 0.3) is 5.91 Å². The molecule has 0 radical (unpaired) electrons. The van der Waals surface area contributed by atoms with Crippen LogP contribution in [0, 0.1) is 20.8 Å². The van der Waals surface area contributed by atoms with Crippen LogP contribution in [0.25, 0.3) is 10.2 Å². The third kappa shape index (κ3) is 2.67. The number of benzene rings is 1. The van der Waals surface area contributed by atoms with E-state index >= 15 is 0 Å². The Labute approximate surface area is 127 Å². The summed E-state index contributed by atoms with van der Waals surface area (Å²) in [4.78, 5) is 17.8. The lowest BCUT2D eigenvalue weighted by molar-refractivity contribution is 0.102. The Kier molecular flexibility index (Phi) is 3.47. The van der Waals surface area contributed by atoms with Crippen molar-refractivity contribution in [1.29, 1.82) is 0 Å². The van der Waals surface area contributed by atoms with E-state index < -0.39 is 0 Å². The molecule has 0 aliphatic carbocycles. The zero-order chi connectivity index (χ0) is 15.0. The van der Waals surface area contributed by atoms with Crippen LogP contribution in [0.1, 0.15) is 27.2 Å². The van der Waals surface area contributed by atoms with Gasteiger partial charge in [-0.2, -0.15) is 0 Å². The number of anilines is 1. The van der Waals surface area contributed by atoms with Crippen LogP contribution in [0.15, 0.2) is 35.7 Å². The van der Waals surface area contributed by atoms with Gasteiger partial charge in [0.05, 0.1) is 5.69 Å². The number of thiophene rings is 1. The van der Waals surface area contributed by atoms with E-state index in [0.717, 1.165) is 32.7 Å². The quantitative estimate of drug-likeness (QED) is 0.758. The highest BCUT2D eigenvalue weighted by atomic mass is 32.1. The molecule has 3 aromatic rings. The highest BCUT2D eigenvalue weighted by Crippen LogP contribution is 2.32. The first kappa shape index (κ1) is 13.8. The third-order valence-corrected chi connectivity index (χ3v) is 4.27. The fourth-order valence-corrected chi connectivity index (χ4v) is 3.45. The van der Waals surface area contributed by atoms with Gasteiger partial charge in [-0.05, 0) is 44.5 Å². The van der Waals surface area contributed by atoms with E-state index in [1.807, 2.05) is 56.5 Å². The SMILES string of the molecule is Cc1cccc(C(=O)Nc2csc3nc(C)cc(C)c23)c1. The molecule has 0 atom stereocenters. The fourth-order valence-electron chi connectivity index (χ4n) is 2.46. The monoisotopic (exact) mass is 296 g/mol. The number of aromatic nitrogens is 1. The Morgan fingerprint density at radius 1 is 1.19 bits per heavy atom. The summed E-state index contributed by atoms with van der Waals surface area (Å²) >= 11 is 1.56. The van der Waals surface area contributed by atoms with Gasteiger partial charge < -0.3 is 5.32 Å². The van der Waals surface area contributed by atoms with Crippen LogP contribution in [0.2, 0.25) is 0 Å². The number of aryl methyl sites for hydroxylation is 3. The molecule has 3 nitrogen and oxygen atoms in total. The zero-order valence-electron chi connectivity index (χ0n) is 12.2. The average Bonchev–Trinajstić information content (AvgIpc) is 2.81. The Hall–Kier alpha value is -2.20. The molecule has 1 N–H and O–H groups in total. The second-order valence-electron chi connectivity index (χ2n) is 5.23. The van der Waals surface area contributed by atoms with Crippen molar-refractivity contribution in [3.63, 3.8) is 0 Å². The largest absolute Gasteiger partial charge is 0.321 e. The summed E-state index contributed by atoms with van der Waals surface area (Å²) in [7, 11) is 0. The van der Waals surface area contributed by atoms with Gasteiger partial charge in [-0.1, -0.05) is 17.7 Å². The molecule has 21 heavy (non-hydrogen) atoms. The van der Waals surface area contributed by atoms with E-state index in [-0.39, 0.29) is 5.91 Å². The smallest absolute Gasteiger partial charge is 0.255 e. The summed E-state index contributed by atoms with van der Waals surface area (Å²) < 4.78 is 0. The summed E-state index contributed by atoms with van der Waals surface area (Å²) in [5.74, 6) is -0.0848. The van der Waals surface area contributed by atoms with E-state index in [1.54, 1.807) is 11.3 Å². The van der Waals surface area contributed by atoms with Crippen molar-refractivity contribution in [2.24, 2.45) is 0 Å². The van der Waals surface area contributed by atoms with Gasteiger partial charge in [-0.25, -0.2) is 4.98 Å². The number of fused-ring (bicyclic) bond motifs is 1. The Morgan fingerprint density at radius 2 is 2.00 bits per heavy atom. The van der Waals surface area contributed by atoms with Crippen LogP contribution >= 0.6 is 11.3 Å². The van der Waals surface area contributed by atoms with Crippen molar-refractivity contribution >= 4 is 33.1 Å². The lowest BCUT2D eigenvalue weighted by Crippen LogP contribution is -2.11. The second-order valence-corrected chi connectivity index (χ2v) is 6.09. The molecule has 3 rings (SSSR count). The molecule has 0 spiro atoms. The molecule has 1 amide bonds. The van der Waals surface area contributed by atoms with Gasteiger partial charge in [-0.15, -0.1) is 11.3 Å². The summed E-state index contributed by atoms with van der Waals surface area (Å²) in [6.45, 7) is 6.01. The maximum atomic E-state index is 12.4. The van der Waals surface area contributed by atoms with E-state index in [0.29, 0.717) is 5.56 Å². The molecule has 0 unspecified atom stereocenters. The molecule has 2 heterocycles. The van der Waals surface area contributed by atoms with Gasteiger partial charge in [0, 0.05) is 22.0 Å². The van der Waals surface area contributed by atoms with Crippen LogP contribution in [0.5, 0.6) is 0 Å². The number of amides is 1. The lowest BCUT2D eigenvalue weighted by atomic mass is 10.1. The molecular weight excluding hydrogens is 280 g/mol. The van der Waals surface area contributed by atoms with E-state index in [4.69, 9.17) is 0 Å². The number of hydrogen-bond donors (Lipinski definition) is 1. The minimum Gasteiger partial charge on any atom is -0.321 e. The number of hydrogen-bond acceptors (Lipinski definition) is 3. The molecule has 0 fully saturated rings. The number of nitrogens with zero attached hydrogens (tertiary/aromatic N) is 1. The first-order valence-corrected chi connectivity index (χ1v) is 7.66. The molecule has 0 aliphatic rings. The predicted molar refractivity (Wildman–Crippen MR) is 88.2 cm³/mol. The molecule has 0 saturated heterocycles. The van der Waals surface area contributed by atoms with Crippen LogP contribution in [0.4, 0.5) is 5.69 Å². The molecule has 0 saturated carbocycles. The summed E-state index contributed by atoms with van der Waals surface area (Å²) in [6, 6.07) is 9.63. The number of rotatable bonds is 2. The first-order chi connectivity index (χ1) is 10.0. The normalized spacial score (nSPS) is 10.8. The van der Waals surface area contributed by atoms with Gasteiger partial charge in [-0.3, -0.25) is 4.79 Å². The standard InChI is InChI=1S/C17H16N2OS/c1-10-5-4-6-13(7-10)16(20)19-14-9-21-17-15(14)11(2)8-12(3)18-17/h4-9H,1-3H3,(H,19,20). The van der Waals surface area contributed by atoms with Gasteiger partial charge in [0.2, 0.25) is 0 Å². The molecule has 0 aliphatic heterocycles. The first-order valence-electron chi connectivity index (χ1n) is 6.78. The predicted octanol–water partition coefficient (Wildman–Crippen LogP) is 4.47. The van der Waals surface area contributed by atoms with E-state index in [2.05, 4.69) is 10.3 Å². The van der Waals surface area contributed by atoms with Crippen LogP contribution in [-0.4, -0.2) is 10.9 Å². The van der Waals surface area contributed by atoms with Crippen molar-refractivity contribution in [2.75, 3.05) is 5.32 Å². The van der Waals surface area contributed by atoms with E-state index in [1.165, 1.54) is 0 Å². The van der Waals surface area contributed by atoms with Crippen molar-refractivity contribution in [3.8, 4) is 0 Å². The minimum absolute atomic E-state index is 0.0848. The Bertz CT molecular complexity index is 836. The lowest BCUT2D eigenvalue weighted by Gasteiger charge is -2.06. The van der Waals surface area contributed by atoms with Crippen molar-refractivity contribution < 1.29 is 4.79 Å². The molecule has 2 aromatic heterocycles. The minimum atomic E-state index is -0.0848. The fraction of sp³-hybridized carbons (Fsp3) is 0.176. The Balaban J connectivity index is 1.97. The Morgan fingerprint density at radius 3 is 2.76 bits per heavy atom. The average molecular weight is 296 g/mol. The molecule has 0 bridgehead atoms. The highest BCUT2D eigenvalue weighted by Gasteiger charge is 2.12. The maximum Gasteiger partial charge on any atom is 0.255 e. The zero-order valence-corrected chi connectivity index (χ0v) is 13.0. The van der Waals surface area contributed by atoms with Crippen LogP contribution in [0.3, 0.4) is 0 Å². The molecule has 4 heteroatoms. The second kappa shape index (κ2) is 5.30. The molecular formula is C17H16N2OS. The number of nitrogens with one attached hydrogen (secondary N) is 1.